The molecule has 26 heavy (non-hydrogen) atoms. The smallest absolute Gasteiger partial charge is 0.343 e. The SMILES string of the molecule is CC[N+](CC)=C1C=CC2([C]3Nc4ccccc4N3C)C=[C]C(=O)OC2=C1. The van der Waals surface area contributed by atoms with Gasteiger partial charge in [-0.2, -0.15) is 0 Å². The summed E-state index contributed by atoms with van der Waals surface area (Å²) >= 11 is 0. The van der Waals surface area contributed by atoms with E-state index in [2.05, 4.69) is 52.9 Å². The monoisotopic (exact) mass is 348 g/mol. The van der Waals surface area contributed by atoms with Gasteiger partial charge in [0, 0.05) is 19.2 Å². The number of hydrogen-bond donors (Lipinski definition) is 1. The summed E-state index contributed by atoms with van der Waals surface area (Å²) in [5.41, 5.74) is 2.50. The van der Waals surface area contributed by atoms with Crippen molar-refractivity contribution in [1.29, 1.82) is 0 Å². The van der Waals surface area contributed by atoms with Gasteiger partial charge in [0.1, 0.15) is 24.3 Å². The lowest BCUT2D eigenvalue weighted by atomic mass is 9.76. The molecule has 0 saturated carbocycles. The van der Waals surface area contributed by atoms with Gasteiger partial charge in [0.25, 0.3) is 0 Å². The first-order valence-electron chi connectivity index (χ1n) is 8.92. The topological polar surface area (TPSA) is 44.6 Å². The van der Waals surface area contributed by atoms with E-state index in [9.17, 15) is 4.79 Å². The number of para-hydroxylation sites is 2. The molecule has 2 radical (unpaired) electrons. The first kappa shape index (κ1) is 16.6. The van der Waals surface area contributed by atoms with Gasteiger partial charge in [-0.25, -0.2) is 9.37 Å². The predicted octanol–water partition coefficient (Wildman–Crippen LogP) is 2.89. The number of anilines is 2. The molecular weight excluding hydrogens is 326 g/mol. The van der Waals surface area contributed by atoms with Gasteiger partial charge in [-0.3, -0.25) is 0 Å². The third-order valence-corrected chi connectivity index (χ3v) is 5.20. The number of allylic oxidation sites excluding steroid dienone is 2. The van der Waals surface area contributed by atoms with Gasteiger partial charge < -0.3 is 15.0 Å². The molecule has 1 aromatic rings. The lowest BCUT2D eigenvalue weighted by Gasteiger charge is -2.40. The molecule has 0 fully saturated rings. The molecule has 132 valence electrons. The lowest BCUT2D eigenvalue weighted by Crippen LogP contribution is -2.44. The highest BCUT2D eigenvalue weighted by Gasteiger charge is 2.50. The number of carbonyl (C=O) groups is 1. The molecule has 0 saturated heterocycles. The number of benzene rings is 1. The number of rotatable bonds is 3. The standard InChI is InChI=1S/C21H22N3O2/c1-4-24(5-2)15-10-12-21(13-11-19(25)26-18(21)14-15)20-22-16-8-6-7-9-17(16)23(20)3/h6-10,12-14,22H,4-5H2,1-3H3/q+1. The molecule has 4 rings (SSSR count). The fraction of sp³-hybridized carbons (Fsp3) is 0.286. The van der Waals surface area contributed by atoms with E-state index in [0.717, 1.165) is 36.3 Å². The molecular formula is C21H22N3O2+. The van der Waals surface area contributed by atoms with Crippen LogP contribution in [0, 0.1) is 17.7 Å². The van der Waals surface area contributed by atoms with Crippen LogP contribution in [0.15, 0.2) is 54.3 Å². The molecule has 5 heteroatoms. The quantitative estimate of drug-likeness (QED) is 0.674. The molecule has 1 N–H and O–H groups in total. The molecule has 0 spiro atoms. The Bertz CT molecular complexity index is 875. The van der Waals surface area contributed by atoms with Crippen LogP contribution in [0.2, 0.25) is 0 Å². The molecule has 1 aliphatic carbocycles. The molecule has 0 aromatic heterocycles. The van der Waals surface area contributed by atoms with Gasteiger partial charge in [-0.05, 0) is 32.1 Å². The molecule has 0 amide bonds. The van der Waals surface area contributed by atoms with Crippen molar-refractivity contribution in [3.05, 3.63) is 66.6 Å². The van der Waals surface area contributed by atoms with Gasteiger partial charge in [-0.15, -0.1) is 0 Å². The van der Waals surface area contributed by atoms with Crippen LogP contribution in [0.5, 0.6) is 0 Å². The zero-order chi connectivity index (χ0) is 18.3. The molecule has 2 heterocycles. The Balaban J connectivity index is 1.81. The van der Waals surface area contributed by atoms with E-state index >= 15 is 0 Å². The minimum atomic E-state index is -0.668. The molecule has 2 aliphatic heterocycles. The number of carbonyl (C=O) groups excluding carboxylic acids is 1. The van der Waals surface area contributed by atoms with Crippen molar-refractivity contribution >= 4 is 23.1 Å². The van der Waals surface area contributed by atoms with E-state index in [1.807, 2.05) is 31.3 Å². The Morgan fingerprint density at radius 1 is 1.27 bits per heavy atom. The van der Waals surface area contributed by atoms with Crippen LogP contribution in [-0.2, 0) is 9.53 Å². The van der Waals surface area contributed by atoms with Gasteiger partial charge in [0.2, 0.25) is 5.71 Å². The van der Waals surface area contributed by atoms with Crippen molar-refractivity contribution in [2.45, 2.75) is 13.8 Å². The summed E-state index contributed by atoms with van der Waals surface area (Å²) in [6.07, 6.45) is 11.6. The van der Waals surface area contributed by atoms with Crippen LogP contribution >= 0.6 is 0 Å². The molecule has 5 nitrogen and oxygen atoms in total. The number of esters is 1. The maximum absolute atomic E-state index is 11.9. The Morgan fingerprint density at radius 2 is 2.04 bits per heavy atom. The van der Waals surface area contributed by atoms with E-state index in [1.165, 1.54) is 0 Å². The maximum Gasteiger partial charge on any atom is 0.343 e. The van der Waals surface area contributed by atoms with Gasteiger partial charge in [0.05, 0.1) is 17.5 Å². The number of hydrogen-bond acceptors (Lipinski definition) is 4. The van der Waals surface area contributed by atoms with Crippen molar-refractivity contribution < 1.29 is 14.1 Å². The van der Waals surface area contributed by atoms with Crippen molar-refractivity contribution in [2.75, 3.05) is 30.4 Å². The highest BCUT2D eigenvalue weighted by molar-refractivity contribution is 6.03. The lowest BCUT2D eigenvalue weighted by molar-refractivity contribution is -0.519. The highest BCUT2D eigenvalue weighted by Crippen LogP contribution is 2.51. The summed E-state index contributed by atoms with van der Waals surface area (Å²) in [7, 11) is 2.02. The first-order chi connectivity index (χ1) is 12.6. The molecule has 0 bridgehead atoms. The number of nitrogens with zero attached hydrogens (tertiary/aromatic N) is 2. The summed E-state index contributed by atoms with van der Waals surface area (Å²) in [4.78, 5) is 14.0. The summed E-state index contributed by atoms with van der Waals surface area (Å²) in [5, 5.41) is 3.50. The average molecular weight is 348 g/mol. The number of fused-ring (bicyclic) bond motifs is 2. The van der Waals surface area contributed by atoms with E-state index in [1.54, 1.807) is 6.08 Å². The number of ether oxygens (including phenoxy) is 1. The minimum Gasteiger partial charge on any atom is -0.426 e. The first-order valence-corrected chi connectivity index (χ1v) is 8.92. The van der Waals surface area contributed by atoms with Crippen molar-refractivity contribution in [1.82, 2.24) is 0 Å². The van der Waals surface area contributed by atoms with Crippen molar-refractivity contribution in [2.24, 2.45) is 5.41 Å². The van der Waals surface area contributed by atoms with Crippen LogP contribution in [-0.4, -0.2) is 36.4 Å². The van der Waals surface area contributed by atoms with Crippen LogP contribution in [0.4, 0.5) is 11.4 Å². The summed E-state index contributed by atoms with van der Waals surface area (Å²) in [6.45, 7) is 6.01. The van der Waals surface area contributed by atoms with Crippen molar-refractivity contribution in [3.63, 3.8) is 0 Å². The van der Waals surface area contributed by atoms with Gasteiger partial charge in [0.15, 0.2) is 6.17 Å². The normalized spacial score (nSPS) is 24.0. The molecule has 3 aliphatic rings. The van der Waals surface area contributed by atoms with Gasteiger partial charge >= 0.3 is 5.97 Å². The predicted molar refractivity (Wildman–Crippen MR) is 102 cm³/mol. The Kier molecular flexibility index (Phi) is 3.94. The van der Waals surface area contributed by atoms with Crippen LogP contribution in [0.25, 0.3) is 0 Å². The van der Waals surface area contributed by atoms with E-state index in [0.29, 0.717) is 5.76 Å². The second kappa shape index (κ2) is 6.16. The highest BCUT2D eigenvalue weighted by atomic mass is 16.5. The number of nitrogens with one attached hydrogen (secondary N) is 1. The summed E-state index contributed by atoms with van der Waals surface area (Å²) < 4.78 is 7.85. The largest absolute Gasteiger partial charge is 0.426 e. The second-order valence-electron chi connectivity index (χ2n) is 6.54. The maximum atomic E-state index is 11.9. The third kappa shape index (κ3) is 2.38. The minimum absolute atomic E-state index is 0.458. The van der Waals surface area contributed by atoms with Crippen LogP contribution in [0.1, 0.15) is 13.8 Å². The van der Waals surface area contributed by atoms with E-state index in [-0.39, 0.29) is 0 Å². The zero-order valence-corrected chi connectivity index (χ0v) is 15.2. The molecule has 1 atom stereocenters. The summed E-state index contributed by atoms with van der Waals surface area (Å²) in [5.74, 6) is 0.146. The van der Waals surface area contributed by atoms with Gasteiger partial charge in [-0.1, -0.05) is 18.2 Å². The van der Waals surface area contributed by atoms with Crippen LogP contribution < -0.4 is 10.2 Å². The third-order valence-electron chi connectivity index (χ3n) is 5.20. The van der Waals surface area contributed by atoms with Crippen LogP contribution in [0.3, 0.4) is 0 Å². The summed E-state index contributed by atoms with van der Waals surface area (Å²) in [6, 6.07) is 8.13. The van der Waals surface area contributed by atoms with E-state index < -0.39 is 11.4 Å². The fourth-order valence-electron chi connectivity index (χ4n) is 3.77. The Hall–Kier alpha value is -2.82. The second-order valence-corrected chi connectivity index (χ2v) is 6.54. The Labute approximate surface area is 154 Å². The fourth-order valence-corrected chi connectivity index (χ4v) is 3.77. The van der Waals surface area contributed by atoms with Crippen molar-refractivity contribution in [3.8, 4) is 0 Å². The zero-order valence-electron chi connectivity index (χ0n) is 15.2. The Morgan fingerprint density at radius 3 is 2.77 bits per heavy atom. The van der Waals surface area contributed by atoms with E-state index in [4.69, 9.17) is 4.74 Å². The molecule has 1 unspecified atom stereocenters. The molecule has 1 aromatic carbocycles. The average Bonchev–Trinajstić information content (AvgIpc) is 3.00.